The molecule has 2 N–H and O–H groups in total. The topological polar surface area (TPSA) is 113 Å². The molecule has 1 aromatic heterocycles. The molecule has 10 nitrogen and oxygen atoms in total. The maximum absolute atomic E-state index is 13.7. The SMILES string of the molecule is CCn1c2c(c(=O)n(CCCON)c1=O)N(Cc1ccc(Cl)cc1)C(Oc1cccc(OC)c1)=NC2. The Kier molecular flexibility index (Phi) is 8.09. The van der Waals surface area contributed by atoms with Gasteiger partial charge in [0, 0.05) is 24.2 Å². The van der Waals surface area contributed by atoms with E-state index in [-0.39, 0.29) is 32.3 Å². The second-order valence-electron chi connectivity index (χ2n) is 8.10. The zero-order chi connectivity index (χ0) is 25.7. The standard InChI is InChI=1S/C25H28ClN5O5/c1-3-29-21-15-28-24(36-20-7-4-6-19(14-20)34-2)31(16-17-8-10-18(26)11-9-17)22(21)23(32)30(25(29)33)12-5-13-35-27/h4,6-11,14H,3,5,12-13,15-16,27H2,1-2H3. The van der Waals surface area contributed by atoms with Gasteiger partial charge in [0.25, 0.3) is 11.6 Å². The van der Waals surface area contributed by atoms with Gasteiger partial charge in [-0.15, -0.1) is 0 Å². The monoisotopic (exact) mass is 513 g/mol. The average molecular weight is 514 g/mol. The Morgan fingerprint density at radius 1 is 1.08 bits per heavy atom. The molecule has 1 aliphatic rings. The minimum Gasteiger partial charge on any atom is -0.497 e. The van der Waals surface area contributed by atoms with Crippen molar-refractivity contribution in [3.05, 3.63) is 85.6 Å². The number of methoxy groups -OCH3 is 1. The number of benzene rings is 2. The predicted molar refractivity (Wildman–Crippen MR) is 138 cm³/mol. The summed E-state index contributed by atoms with van der Waals surface area (Å²) in [5, 5.41) is 0.601. The molecule has 0 unspecified atom stereocenters. The number of amidine groups is 1. The Hall–Kier alpha value is -3.60. The Morgan fingerprint density at radius 2 is 1.83 bits per heavy atom. The van der Waals surface area contributed by atoms with E-state index in [1.54, 1.807) is 53.0 Å². The molecule has 0 atom stereocenters. The van der Waals surface area contributed by atoms with E-state index in [0.717, 1.165) is 5.56 Å². The number of anilines is 1. The van der Waals surface area contributed by atoms with Crippen molar-refractivity contribution in [1.29, 1.82) is 0 Å². The van der Waals surface area contributed by atoms with E-state index in [9.17, 15) is 9.59 Å². The van der Waals surface area contributed by atoms with Crippen LogP contribution in [0.5, 0.6) is 11.5 Å². The van der Waals surface area contributed by atoms with E-state index in [0.29, 0.717) is 40.9 Å². The third-order valence-corrected chi connectivity index (χ3v) is 6.09. The summed E-state index contributed by atoms with van der Waals surface area (Å²) in [5.74, 6) is 6.26. The van der Waals surface area contributed by atoms with Gasteiger partial charge in [-0.3, -0.25) is 18.8 Å². The second-order valence-corrected chi connectivity index (χ2v) is 8.53. The van der Waals surface area contributed by atoms with Crippen molar-refractivity contribution in [2.24, 2.45) is 10.9 Å². The summed E-state index contributed by atoms with van der Waals surface area (Å²) in [6.45, 7) is 3.02. The number of fused-ring (bicyclic) bond motifs is 1. The van der Waals surface area contributed by atoms with Crippen molar-refractivity contribution in [2.75, 3.05) is 18.6 Å². The van der Waals surface area contributed by atoms with Gasteiger partial charge in [-0.1, -0.05) is 29.8 Å². The van der Waals surface area contributed by atoms with Crippen LogP contribution in [0.25, 0.3) is 0 Å². The van der Waals surface area contributed by atoms with E-state index < -0.39 is 11.2 Å². The van der Waals surface area contributed by atoms with Gasteiger partial charge in [0.05, 0.1) is 32.5 Å². The number of hydrogen-bond acceptors (Lipinski definition) is 8. The molecule has 0 aliphatic carbocycles. The highest BCUT2D eigenvalue weighted by Gasteiger charge is 2.31. The van der Waals surface area contributed by atoms with Gasteiger partial charge in [0.2, 0.25) is 0 Å². The minimum absolute atomic E-state index is 0.122. The van der Waals surface area contributed by atoms with Crippen LogP contribution in [0, 0.1) is 0 Å². The lowest BCUT2D eigenvalue weighted by Gasteiger charge is -2.31. The van der Waals surface area contributed by atoms with Crippen molar-refractivity contribution < 1.29 is 14.3 Å². The fourth-order valence-corrected chi connectivity index (χ4v) is 4.21. The van der Waals surface area contributed by atoms with Gasteiger partial charge in [0.15, 0.2) is 0 Å². The Bertz CT molecular complexity index is 1370. The number of hydrogen-bond donors (Lipinski definition) is 1. The number of aromatic nitrogens is 2. The predicted octanol–water partition coefficient (Wildman–Crippen LogP) is 2.93. The van der Waals surface area contributed by atoms with Crippen LogP contribution in [0.15, 0.2) is 63.1 Å². The average Bonchev–Trinajstić information content (AvgIpc) is 2.89. The molecular formula is C25H28ClN5O5. The third-order valence-electron chi connectivity index (χ3n) is 5.84. The zero-order valence-electron chi connectivity index (χ0n) is 20.1. The summed E-state index contributed by atoms with van der Waals surface area (Å²) in [7, 11) is 1.57. The third kappa shape index (κ3) is 5.30. The Labute approximate surface area is 213 Å². The molecule has 0 spiro atoms. The van der Waals surface area contributed by atoms with Gasteiger partial charge in [0.1, 0.15) is 17.2 Å². The highest BCUT2D eigenvalue weighted by molar-refractivity contribution is 6.30. The summed E-state index contributed by atoms with van der Waals surface area (Å²) < 4.78 is 14.2. The first-order valence-corrected chi connectivity index (χ1v) is 11.9. The lowest BCUT2D eigenvalue weighted by Crippen LogP contribution is -2.49. The van der Waals surface area contributed by atoms with Crippen LogP contribution in [0.3, 0.4) is 0 Å². The summed E-state index contributed by atoms with van der Waals surface area (Å²) in [5.41, 5.74) is 0.939. The summed E-state index contributed by atoms with van der Waals surface area (Å²) >= 11 is 6.08. The van der Waals surface area contributed by atoms with Gasteiger partial charge < -0.3 is 14.3 Å². The fraction of sp³-hybridized carbons (Fsp3) is 0.320. The molecule has 1 aliphatic heterocycles. The molecule has 0 fully saturated rings. The molecule has 11 heteroatoms. The molecule has 0 saturated heterocycles. The number of nitrogens with zero attached hydrogens (tertiary/aromatic N) is 4. The van der Waals surface area contributed by atoms with E-state index in [4.69, 9.17) is 27.0 Å². The molecule has 0 bridgehead atoms. The maximum Gasteiger partial charge on any atom is 0.331 e. The molecule has 3 aromatic rings. The van der Waals surface area contributed by atoms with Crippen molar-refractivity contribution >= 4 is 23.3 Å². The van der Waals surface area contributed by atoms with Gasteiger partial charge >= 0.3 is 5.69 Å². The molecule has 0 amide bonds. The molecule has 36 heavy (non-hydrogen) atoms. The minimum atomic E-state index is -0.424. The number of nitrogens with two attached hydrogens (primary N) is 1. The van der Waals surface area contributed by atoms with Crippen LogP contribution in [0.2, 0.25) is 5.02 Å². The number of aliphatic imine (C=N–C) groups is 1. The van der Waals surface area contributed by atoms with Crippen LogP contribution in [0.1, 0.15) is 24.6 Å². The van der Waals surface area contributed by atoms with Crippen molar-refractivity contribution in [3.63, 3.8) is 0 Å². The fourth-order valence-electron chi connectivity index (χ4n) is 4.09. The van der Waals surface area contributed by atoms with Crippen LogP contribution in [0.4, 0.5) is 5.69 Å². The lowest BCUT2D eigenvalue weighted by atomic mass is 10.2. The first kappa shape index (κ1) is 25.5. The van der Waals surface area contributed by atoms with Crippen LogP contribution >= 0.6 is 11.6 Å². The van der Waals surface area contributed by atoms with Crippen molar-refractivity contribution in [2.45, 2.75) is 39.5 Å². The van der Waals surface area contributed by atoms with Crippen molar-refractivity contribution in [3.8, 4) is 11.5 Å². The lowest BCUT2D eigenvalue weighted by molar-refractivity contribution is 0.131. The highest BCUT2D eigenvalue weighted by atomic mass is 35.5. The summed E-state index contributed by atoms with van der Waals surface area (Å²) in [6, 6.07) is 14.6. The Morgan fingerprint density at radius 3 is 2.53 bits per heavy atom. The van der Waals surface area contributed by atoms with Gasteiger partial charge in [-0.25, -0.2) is 15.7 Å². The molecule has 0 saturated carbocycles. The molecule has 2 heterocycles. The molecule has 2 aromatic carbocycles. The van der Waals surface area contributed by atoms with E-state index in [1.165, 1.54) is 4.57 Å². The first-order valence-electron chi connectivity index (χ1n) is 11.5. The highest BCUT2D eigenvalue weighted by Crippen LogP contribution is 2.27. The summed E-state index contributed by atoms with van der Waals surface area (Å²) in [4.78, 5) is 37.8. The largest absolute Gasteiger partial charge is 0.497 e. The number of rotatable bonds is 9. The zero-order valence-corrected chi connectivity index (χ0v) is 20.9. The quantitative estimate of drug-likeness (QED) is 0.345. The molecule has 4 rings (SSSR count). The smallest absolute Gasteiger partial charge is 0.331 e. The van der Waals surface area contributed by atoms with E-state index in [2.05, 4.69) is 9.83 Å². The van der Waals surface area contributed by atoms with Crippen LogP contribution < -0.4 is 31.5 Å². The first-order chi connectivity index (χ1) is 17.5. The molecule has 0 radical (unpaired) electrons. The Balaban J connectivity index is 1.83. The molecular weight excluding hydrogens is 486 g/mol. The number of ether oxygens (including phenoxy) is 2. The van der Waals surface area contributed by atoms with Crippen molar-refractivity contribution in [1.82, 2.24) is 9.13 Å². The number of halogens is 1. The van der Waals surface area contributed by atoms with Gasteiger partial charge in [-0.2, -0.15) is 0 Å². The second kappa shape index (κ2) is 11.4. The van der Waals surface area contributed by atoms with Gasteiger partial charge in [-0.05, 0) is 43.2 Å². The van der Waals surface area contributed by atoms with Crippen LogP contribution in [-0.4, -0.2) is 28.9 Å². The normalized spacial score (nSPS) is 12.8. The van der Waals surface area contributed by atoms with E-state index >= 15 is 0 Å². The molecule has 190 valence electrons. The maximum atomic E-state index is 13.7. The van der Waals surface area contributed by atoms with E-state index in [1.807, 2.05) is 19.1 Å². The van der Waals surface area contributed by atoms with Crippen LogP contribution in [-0.2, 0) is 31.0 Å². The summed E-state index contributed by atoms with van der Waals surface area (Å²) in [6.07, 6.45) is 0.409.